The molecule has 1 spiro atoms. The molecule has 5 heterocycles. The molecule has 0 bridgehead atoms. The van der Waals surface area contributed by atoms with Crippen molar-refractivity contribution in [1.29, 1.82) is 5.26 Å². The maximum atomic E-state index is 13.7. The number of anilines is 3. The van der Waals surface area contributed by atoms with Gasteiger partial charge in [0, 0.05) is 62.3 Å². The minimum absolute atomic E-state index is 0.0209. The second kappa shape index (κ2) is 13.4. The van der Waals surface area contributed by atoms with Gasteiger partial charge in [-0.05, 0) is 62.6 Å². The molecule has 7 rings (SSSR count). The third-order valence-electron chi connectivity index (χ3n) is 9.76. The van der Waals surface area contributed by atoms with E-state index in [9.17, 15) is 10.1 Å². The number of piperidine rings is 1. The first-order valence-corrected chi connectivity index (χ1v) is 16.5. The predicted molar refractivity (Wildman–Crippen MR) is 179 cm³/mol. The molecule has 1 aromatic carbocycles. The molecule has 3 fully saturated rings. The number of nitrogens with one attached hydrogen (secondary N) is 2. The van der Waals surface area contributed by atoms with Gasteiger partial charge in [0.25, 0.3) is 0 Å². The van der Waals surface area contributed by atoms with Crippen molar-refractivity contribution in [3.63, 3.8) is 0 Å². The van der Waals surface area contributed by atoms with Crippen molar-refractivity contribution in [3.8, 4) is 17.2 Å². The van der Waals surface area contributed by atoms with Crippen LogP contribution in [0.25, 0.3) is 11.1 Å². The smallest absolute Gasteiger partial charge is 0.323 e. The van der Waals surface area contributed by atoms with E-state index < -0.39 is 0 Å². The molecular weight excluding hydrogens is 592 g/mol. The van der Waals surface area contributed by atoms with Gasteiger partial charge in [-0.15, -0.1) is 0 Å². The molecule has 47 heavy (non-hydrogen) atoms. The first kappa shape index (κ1) is 30.6. The number of ether oxygens (including phenoxy) is 1. The Balaban J connectivity index is 1.03. The number of rotatable bonds is 8. The molecule has 2 N–H and O–H groups in total. The first-order chi connectivity index (χ1) is 23.0. The maximum Gasteiger partial charge on any atom is 0.323 e. The molecule has 3 aliphatic rings. The van der Waals surface area contributed by atoms with Gasteiger partial charge in [-0.1, -0.05) is 30.3 Å². The molecule has 2 saturated heterocycles. The Kier molecular flexibility index (Phi) is 8.72. The molecule has 0 atom stereocenters. The molecule has 1 aliphatic carbocycles. The molecule has 1 saturated carbocycles. The van der Waals surface area contributed by atoms with Crippen LogP contribution in [0.5, 0.6) is 0 Å². The number of aromatic nitrogens is 5. The van der Waals surface area contributed by atoms with Gasteiger partial charge < -0.3 is 20.3 Å². The fraction of sp³-hybridized carbons (Fsp3) is 0.429. The van der Waals surface area contributed by atoms with Crippen LogP contribution in [-0.2, 0) is 18.3 Å². The average Bonchev–Trinajstić information content (AvgIpc) is 3.54. The Bertz CT molecular complexity index is 1710. The van der Waals surface area contributed by atoms with Gasteiger partial charge in [0.2, 0.25) is 5.95 Å². The van der Waals surface area contributed by atoms with E-state index in [4.69, 9.17) is 14.7 Å². The molecule has 3 aromatic heterocycles. The van der Waals surface area contributed by atoms with Crippen LogP contribution >= 0.6 is 0 Å². The lowest BCUT2D eigenvalue weighted by atomic mass is 9.84. The van der Waals surface area contributed by atoms with Gasteiger partial charge in [0.15, 0.2) is 5.82 Å². The number of benzene rings is 1. The third-order valence-corrected chi connectivity index (χ3v) is 9.76. The summed E-state index contributed by atoms with van der Waals surface area (Å²) in [6.45, 7) is 2.91. The van der Waals surface area contributed by atoms with Gasteiger partial charge >= 0.3 is 6.03 Å². The maximum absolute atomic E-state index is 13.7. The lowest BCUT2D eigenvalue weighted by molar-refractivity contribution is -0.158. The highest BCUT2D eigenvalue weighted by molar-refractivity contribution is 5.91. The molecule has 12 heteroatoms. The van der Waals surface area contributed by atoms with Crippen LogP contribution in [-0.4, -0.2) is 68.1 Å². The van der Waals surface area contributed by atoms with E-state index in [0.717, 1.165) is 81.3 Å². The number of carbonyl (C=O) groups excluding carboxylic acids is 1. The van der Waals surface area contributed by atoms with E-state index in [1.54, 1.807) is 17.1 Å². The van der Waals surface area contributed by atoms with Crippen LogP contribution in [0.4, 0.5) is 22.4 Å². The standard InChI is InChI=1S/C35H40N10O2/c1-43-24-28(23-40-43)26-7-12-31(37-21-26)45(34(46)39-20-25-5-3-2-4-6-25)30-10-8-29(9-11-30)41-33-38-22-27(19-36)32(42-33)44-16-13-35(14-17-44)15-18-47-35/h2-7,12,21-24,29-30H,8-11,13-18,20H2,1H3,(H,39,46)(H,38,41,42). The highest BCUT2D eigenvalue weighted by atomic mass is 16.5. The lowest BCUT2D eigenvalue weighted by Crippen LogP contribution is -2.52. The van der Waals surface area contributed by atoms with Crippen molar-refractivity contribution < 1.29 is 9.53 Å². The van der Waals surface area contributed by atoms with E-state index in [0.29, 0.717) is 29.7 Å². The number of carbonyl (C=O) groups is 1. The van der Waals surface area contributed by atoms with Crippen LogP contribution < -0.4 is 20.4 Å². The summed E-state index contributed by atoms with van der Waals surface area (Å²) in [5.74, 6) is 1.85. The van der Waals surface area contributed by atoms with Crippen LogP contribution in [0.1, 0.15) is 56.1 Å². The summed E-state index contributed by atoms with van der Waals surface area (Å²) in [5.41, 5.74) is 3.48. The number of nitriles is 1. The van der Waals surface area contributed by atoms with Crippen LogP contribution in [0, 0.1) is 11.3 Å². The fourth-order valence-corrected chi connectivity index (χ4v) is 6.92. The van der Waals surface area contributed by atoms with Crippen molar-refractivity contribution in [1.82, 2.24) is 30.0 Å². The van der Waals surface area contributed by atoms with Gasteiger partial charge in [-0.3, -0.25) is 9.58 Å². The zero-order chi connectivity index (χ0) is 32.2. The minimum atomic E-state index is -0.164. The summed E-state index contributed by atoms with van der Waals surface area (Å²) in [5, 5.41) is 20.7. The topological polar surface area (TPSA) is 137 Å². The number of hydrogen-bond donors (Lipinski definition) is 2. The van der Waals surface area contributed by atoms with Crippen molar-refractivity contribution in [2.24, 2.45) is 7.05 Å². The Hall–Kier alpha value is -5.02. The highest BCUT2D eigenvalue weighted by Gasteiger charge is 2.41. The second-order valence-corrected chi connectivity index (χ2v) is 12.8. The molecule has 2 amide bonds. The fourth-order valence-electron chi connectivity index (χ4n) is 6.92. The summed E-state index contributed by atoms with van der Waals surface area (Å²) in [6, 6.07) is 16.1. The number of aryl methyl sites for hydroxylation is 1. The lowest BCUT2D eigenvalue weighted by Gasteiger charge is -2.47. The van der Waals surface area contributed by atoms with E-state index >= 15 is 0 Å². The molecule has 0 unspecified atom stereocenters. The summed E-state index contributed by atoms with van der Waals surface area (Å²) >= 11 is 0. The summed E-state index contributed by atoms with van der Waals surface area (Å²) in [7, 11) is 1.88. The number of pyridine rings is 1. The van der Waals surface area contributed by atoms with Gasteiger partial charge in [0.05, 0.1) is 24.6 Å². The van der Waals surface area contributed by atoms with E-state index in [1.807, 2.05) is 66.8 Å². The number of urea groups is 1. The number of amides is 2. The van der Waals surface area contributed by atoms with Crippen molar-refractivity contribution in [2.45, 2.75) is 69.2 Å². The predicted octanol–water partition coefficient (Wildman–Crippen LogP) is 5.04. The van der Waals surface area contributed by atoms with Crippen molar-refractivity contribution in [3.05, 3.63) is 78.4 Å². The molecule has 242 valence electrons. The monoisotopic (exact) mass is 632 g/mol. The van der Waals surface area contributed by atoms with E-state index in [1.165, 1.54) is 0 Å². The highest BCUT2D eigenvalue weighted by Crippen LogP contribution is 2.38. The third kappa shape index (κ3) is 6.76. The summed E-state index contributed by atoms with van der Waals surface area (Å²) < 4.78 is 7.64. The normalized spacial score (nSPS) is 20.2. The SMILES string of the molecule is Cn1cc(-c2ccc(N(C(=O)NCc3ccccc3)C3CCC(Nc4ncc(C#N)c(N5CCC6(CCO6)CC5)n4)CC3)nc2)cn1. The zero-order valence-electron chi connectivity index (χ0n) is 26.7. The van der Waals surface area contributed by atoms with Crippen molar-refractivity contribution in [2.75, 3.05) is 34.8 Å². The van der Waals surface area contributed by atoms with Gasteiger partial charge in [-0.25, -0.2) is 14.8 Å². The Morgan fingerprint density at radius 3 is 2.45 bits per heavy atom. The number of hydrogen-bond acceptors (Lipinski definition) is 9. The van der Waals surface area contributed by atoms with Crippen LogP contribution in [0.3, 0.4) is 0 Å². The van der Waals surface area contributed by atoms with Gasteiger partial charge in [0.1, 0.15) is 17.5 Å². The Morgan fingerprint density at radius 2 is 1.81 bits per heavy atom. The second-order valence-electron chi connectivity index (χ2n) is 12.8. The summed E-state index contributed by atoms with van der Waals surface area (Å²) in [4.78, 5) is 31.8. The molecule has 12 nitrogen and oxygen atoms in total. The zero-order valence-corrected chi connectivity index (χ0v) is 26.7. The first-order valence-electron chi connectivity index (χ1n) is 16.5. The molecule has 0 radical (unpaired) electrons. The van der Waals surface area contributed by atoms with Gasteiger partial charge in [-0.2, -0.15) is 15.3 Å². The Morgan fingerprint density at radius 1 is 1.02 bits per heavy atom. The Labute approximate surface area is 274 Å². The van der Waals surface area contributed by atoms with Crippen molar-refractivity contribution >= 4 is 23.6 Å². The number of nitrogens with zero attached hydrogens (tertiary/aromatic N) is 8. The minimum Gasteiger partial charge on any atom is -0.375 e. The quantitative estimate of drug-likeness (QED) is 0.274. The van der Waals surface area contributed by atoms with Crippen LogP contribution in [0.2, 0.25) is 0 Å². The molecule has 2 aliphatic heterocycles. The molecular formula is C35H40N10O2. The van der Waals surface area contributed by atoms with E-state index in [-0.39, 0.29) is 23.7 Å². The van der Waals surface area contributed by atoms with E-state index in [2.05, 4.69) is 31.7 Å². The molecule has 4 aromatic rings. The van der Waals surface area contributed by atoms with Crippen LogP contribution in [0.15, 0.2) is 67.3 Å². The largest absolute Gasteiger partial charge is 0.375 e. The average molecular weight is 633 g/mol. The summed E-state index contributed by atoms with van der Waals surface area (Å²) in [6.07, 6.45) is 13.5.